The molecule has 0 aliphatic rings. The van der Waals surface area contributed by atoms with E-state index in [1.165, 1.54) is 26.0 Å². The summed E-state index contributed by atoms with van der Waals surface area (Å²) in [4.78, 5) is 20.9. The molecule has 0 unspecified atom stereocenters. The predicted octanol–water partition coefficient (Wildman–Crippen LogP) is 1.05. The van der Waals surface area contributed by atoms with Gasteiger partial charge in [-0.25, -0.2) is 9.59 Å². The highest BCUT2D eigenvalue weighted by Gasteiger charge is 2.16. The first-order valence-corrected chi connectivity index (χ1v) is 3.34. The molecule has 0 spiro atoms. The highest BCUT2D eigenvalue weighted by Crippen LogP contribution is 2.09. The summed E-state index contributed by atoms with van der Waals surface area (Å²) in [7, 11) is 0. The maximum Gasteiger partial charge on any atom is 0.336 e. The molecule has 0 saturated carbocycles. The second kappa shape index (κ2) is 4.33. The van der Waals surface area contributed by atoms with Crippen molar-refractivity contribution in [2.75, 3.05) is 0 Å². The fourth-order valence-corrected chi connectivity index (χ4v) is 0.788. The zero-order valence-electron chi connectivity index (χ0n) is 6.87. The first-order valence-electron chi connectivity index (χ1n) is 3.34. The van der Waals surface area contributed by atoms with Crippen molar-refractivity contribution < 1.29 is 19.8 Å². The lowest BCUT2D eigenvalue weighted by molar-refractivity contribution is -0.136. The van der Waals surface area contributed by atoms with Gasteiger partial charge in [-0.1, -0.05) is 12.2 Å². The van der Waals surface area contributed by atoms with Gasteiger partial charge < -0.3 is 10.2 Å². The van der Waals surface area contributed by atoms with E-state index in [9.17, 15) is 9.59 Å². The fraction of sp³-hybridized carbons (Fsp3) is 0.250. The van der Waals surface area contributed by atoms with Gasteiger partial charge in [-0.15, -0.1) is 0 Å². The molecule has 0 atom stereocenters. The largest absolute Gasteiger partial charge is 0.478 e. The molecular formula is C8H10O4. The summed E-state index contributed by atoms with van der Waals surface area (Å²) in [5.41, 5.74) is -0.380. The zero-order chi connectivity index (χ0) is 9.72. The van der Waals surface area contributed by atoms with Gasteiger partial charge in [-0.3, -0.25) is 0 Å². The third-order valence-corrected chi connectivity index (χ3v) is 1.33. The van der Waals surface area contributed by atoms with Crippen molar-refractivity contribution in [1.29, 1.82) is 0 Å². The first kappa shape index (κ1) is 10.4. The quantitative estimate of drug-likeness (QED) is 0.490. The van der Waals surface area contributed by atoms with Crippen molar-refractivity contribution in [3.8, 4) is 0 Å². The van der Waals surface area contributed by atoms with E-state index in [1.807, 2.05) is 0 Å². The van der Waals surface area contributed by atoms with Crippen LogP contribution in [0.5, 0.6) is 0 Å². The molecule has 0 bridgehead atoms. The number of carboxylic acids is 2. The maximum atomic E-state index is 10.5. The third kappa shape index (κ3) is 2.23. The normalized spacial score (nSPS) is 12.8. The van der Waals surface area contributed by atoms with Crippen molar-refractivity contribution in [3.63, 3.8) is 0 Å². The number of carboxylic acid groups (broad SMARTS) is 2. The summed E-state index contributed by atoms with van der Waals surface area (Å²) in [6.45, 7) is 2.96. The summed E-state index contributed by atoms with van der Waals surface area (Å²) >= 11 is 0. The van der Waals surface area contributed by atoms with Gasteiger partial charge >= 0.3 is 11.9 Å². The van der Waals surface area contributed by atoms with Crippen LogP contribution in [0.3, 0.4) is 0 Å². The second-order valence-electron chi connectivity index (χ2n) is 2.02. The molecule has 2 N–H and O–H groups in total. The average molecular weight is 170 g/mol. The van der Waals surface area contributed by atoms with Crippen LogP contribution in [0.15, 0.2) is 23.3 Å². The first-order chi connectivity index (χ1) is 5.54. The minimum atomic E-state index is -1.23. The molecule has 4 heteroatoms. The van der Waals surface area contributed by atoms with Gasteiger partial charge in [0.25, 0.3) is 0 Å². The molecule has 0 aliphatic carbocycles. The van der Waals surface area contributed by atoms with E-state index in [0.29, 0.717) is 0 Å². The molecule has 0 amide bonds. The Labute approximate surface area is 69.8 Å². The van der Waals surface area contributed by atoms with Crippen LogP contribution in [0, 0.1) is 0 Å². The number of carbonyl (C=O) groups is 2. The van der Waals surface area contributed by atoms with Gasteiger partial charge in [0, 0.05) is 0 Å². The molecule has 0 radical (unpaired) electrons. The Hall–Kier alpha value is -1.58. The second-order valence-corrected chi connectivity index (χ2v) is 2.02. The molecule has 0 heterocycles. The minimum absolute atomic E-state index is 0.190. The lowest BCUT2D eigenvalue weighted by Crippen LogP contribution is -2.10. The van der Waals surface area contributed by atoms with Crippen LogP contribution in [0.25, 0.3) is 0 Å². The van der Waals surface area contributed by atoms with Crippen molar-refractivity contribution in [1.82, 2.24) is 0 Å². The van der Waals surface area contributed by atoms with Crippen molar-refractivity contribution in [3.05, 3.63) is 23.3 Å². The van der Waals surface area contributed by atoms with Crippen LogP contribution < -0.4 is 0 Å². The average Bonchev–Trinajstić information content (AvgIpc) is 1.98. The summed E-state index contributed by atoms with van der Waals surface area (Å²) in [5, 5.41) is 17.1. The third-order valence-electron chi connectivity index (χ3n) is 1.33. The smallest absolute Gasteiger partial charge is 0.336 e. The van der Waals surface area contributed by atoms with Crippen LogP contribution in [0.4, 0.5) is 0 Å². The van der Waals surface area contributed by atoms with Gasteiger partial charge in [0.15, 0.2) is 0 Å². The minimum Gasteiger partial charge on any atom is -0.478 e. The monoisotopic (exact) mass is 170 g/mol. The van der Waals surface area contributed by atoms with E-state index >= 15 is 0 Å². The Kier molecular flexibility index (Phi) is 3.76. The Bertz CT molecular complexity index is 232. The summed E-state index contributed by atoms with van der Waals surface area (Å²) < 4.78 is 0. The zero-order valence-corrected chi connectivity index (χ0v) is 6.87. The van der Waals surface area contributed by atoms with E-state index in [-0.39, 0.29) is 11.1 Å². The summed E-state index contributed by atoms with van der Waals surface area (Å²) in [6, 6.07) is 0. The fourth-order valence-electron chi connectivity index (χ4n) is 0.788. The molecular weight excluding hydrogens is 160 g/mol. The van der Waals surface area contributed by atoms with Crippen molar-refractivity contribution in [2.24, 2.45) is 0 Å². The molecule has 0 aromatic carbocycles. The number of hydrogen-bond acceptors (Lipinski definition) is 2. The van der Waals surface area contributed by atoms with Crippen molar-refractivity contribution >= 4 is 11.9 Å². The number of hydrogen-bond donors (Lipinski definition) is 2. The molecule has 0 aromatic heterocycles. The molecule has 66 valence electrons. The number of rotatable bonds is 3. The number of allylic oxidation sites excluding steroid dienone is 2. The summed E-state index contributed by atoms with van der Waals surface area (Å²) in [5.74, 6) is -2.46. The van der Waals surface area contributed by atoms with Gasteiger partial charge in [0.05, 0.1) is 11.1 Å². The highest BCUT2D eigenvalue weighted by molar-refractivity contribution is 6.05. The molecule has 0 rings (SSSR count). The van der Waals surface area contributed by atoms with Gasteiger partial charge in [-0.2, -0.15) is 0 Å². The van der Waals surface area contributed by atoms with E-state index in [4.69, 9.17) is 10.2 Å². The van der Waals surface area contributed by atoms with E-state index in [2.05, 4.69) is 0 Å². The van der Waals surface area contributed by atoms with Crippen LogP contribution in [0.1, 0.15) is 13.8 Å². The Morgan fingerprint density at radius 2 is 1.17 bits per heavy atom. The lowest BCUT2D eigenvalue weighted by Gasteiger charge is -2.00. The molecule has 0 saturated heterocycles. The van der Waals surface area contributed by atoms with Crippen molar-refractivity contribution in [2.45, 2.75) is 13.8 Å². The molecule has 12 heavy (non-hydrogen) atoms. The standard InChI is InChI=1S/C8H10O4/c1-3-5(7(9)10)6(4-2)8(11)12/h3-4H,1-2H3,(H,9,10)(H,11,12). The molecule has 0 aliphatic heterocycles. The lowest BCUT2D eigenvalue weighted by atomic mass is 10.1. The Balaban J connectivity index is 4.99. The molecule has 0 fully saturated rings. The van der Waals surface area contributed by atoms with E-state index in [1.54, 1.807) is 0 Å². The van der Waals surface area contributed by atoms with Gasteiger partial charge in [0.2, 0.25) is 0 Å². The Morgan fingerprint density at radius 3 is 1.25 bits per heavy atom. The highest BCUT2D eigenvalue weighted by atomic mass is 16.4. The van der Waals surface area contributed by atoms with E-state index < -0.39 is 11.9 Å². The molecule has 0 aromatic rings. The van der Waals surface area contributed by atoms with Crippen LogP contribution in [-0.4, -0.2) is 22.2 Å². The SMILES string of the molecule is CC=C(C(=O)O)C(=CC)C(=O)O. The predicted molar refractivity (Wildman–Crippen MR) is 42.8 cm³/mol. The number of aliphatic carboxylic acids is 2. The van der Waals surface area contributed by atoms with Gasteiger partial charge in [0.1, 0.15) is 0 Å². The van der Waals surface area contributed by atoms with Crippen LogP contribution >= 0.6 is 0 Å². The summed E-state index contributed by atoms with van der Waals surface area (Å²) in [6.07, 6.45) is 2.51. The van der Waals surface area contributed by atoms with E-state index in [0.717, 1.165) is 0 Å². The Morgan fingerprint density at radius 1 is 0.917 bits per heavy atom. The van der Waals surface area contributed by atoms with Crippen LogP contribution in [-0.2, 0) is 9.59 Å². The van der Waals surface area contributed by atoms with Gasteiger partial charge in [-0.05, 0) is 13.8 Å². The van der Waals surface area contributed by atoms with Crippen LogP contribution in [0.2, 0.25) is 0 Å². The molecule has 4 nitrogen and oxygen atoms in total. The maximum absolute atomic E-state index is 10.5. The topological polar surface area (TPSA) is 74.6 Å².